The van der Waals surface area contributed by atoms with Crippen molar-refractivity contribution in [2.45, 2.75) is 32.1 Å². The Kier molecular flexibility index (Phi) is 8.38. The Labute approximate surface area is 253 Å². The normalized spacial score (nSPS) is 14.2. The number of hydrogen-bond donors (Lipinski definition) is 2. The number of ether oxygens (including phenoxy) is 2. The number of nitrogens with one attached hydrogen (secondary N) is 2. The molecule has 3 aromatic carbocycles. The maximum absolute atomic E-state index is 13.8. The molecule has 0 spiro atoms. The van der Waals surface area contributed by atoms with Gasteiger partial charge in [0.2, 0.25) is 5.91 Å². The molecular weight excluding hydrogens is 574 g/mol. The molecule has 0 radical (unpaired) electrons. The second-order valence-corrected chi connectivity index (χ2v) is 11.2. The zero-order valence-electron chi connectivity index (χ0n) is 24.3. The zero-order chi connectivity index (χ0) is 30.9. The molecule has 2 N–H and O–H groups in total. The first-order valence-corrected chi connectivity index (χ1v) is 14.2. The lowest BCUT2D eigenvalue weighted by Gasteiger charge is -2.37. The Bertz CT molecular complexity index is 1730. The molecule has 0 saturated heterocycles. The lowest BCUT2D eigenvalue weighted by atomic mass is 9.76. The standard InChI is InChI=1S/C31H32ClN5O6/c1-31(2)20-8-10-22-27(35-28(34-22)19-7-9-21(32)23(17-19)37(40)41)26(20)29(38)36(30(31)39)15-5-13-33-14-12-18-6-11-24(42-3)25(16-18)43-4/h6-11,16-17,33H,5,12-15H2,1-4H3,(H,34,35). The fourth-order valence-electron chi connectivity index (χ4n) is 5.39. The number of nitrogens with zero attached hydrogens (tertiary/aromatic N) is 3. The van der Waals surface area contributed by atoms with Gasteiger partial charge in [-0.05, 0) is 81.2 Å². The van der Waals surface area contributed by atoms with Crippen molar-refractivity contribution < 1.29 is 24.0 Å². The molecule has 0 aliphatic carbocycles. The summed E-state index contributed by atoms with van der Waals surface area (Å²) in [5, 5.41) is 14.8. The molecule has 1 aromatic heterocycles. The maximum Gasteiger partial charge on any atom is 0.288 e. The molecule has 11 nitrogen and oxygen atoms in total. The van der Waals surface area contributed by atoms with Crippen LogP contribution in [0.5, 0.6) is 11.5 Å². The number of benzene rings is 3. The number of rotatable bonds is 11. The van der Waals surface area contributed by atoms with Crippen molar-refractivity contribution in [3.8, 4) is 22.9 Å². The van der Waals surface area contributed by atoms with E-state index in [0.717, 1.165) is 12.0 Å². The van der Waals surface area contributed by atoms with Crippen molar-refractivity contribution in [2.24, 2.45) is 0 Å². The van der Waals surface area contributed by atoms with Crippen LogP contribution in [0, 0.1) is 10.1 Å². The summed E-state index contributed by atoms with van der Waals surface area (Å²) in [6.07, 6.45) is 1.35. The first-order chi connectivity index (χ1) is 20.6. The summed E-state index contributed by atoms with van der Waals surface area (Å²) < 4.78 is 10.7. The molecule has 224 valence electrons. The smallest absolute Gasteiger partial charge is 0.288 e. The number of carbonyl (C=O) groups is 2. The van der Waals surface area contributed by atoms with Crippen molar-refractivity contribution >= 4 is 40.1 Å². The monoisotopic (exact) mass is 605 g/mol. The van der Waals surface area contributed by atoms with E-state index in [4.69, 9.17) is 21.1 Å². The van der Waals surface area contributed by atoms with Gasteiger partial charge in [0.25, 0.3) is 11.6 Å². The van der Waals surface area contributed by atoms with Crippen LogP contribution in [0.2, 0.25) is 5.02 Å². The van der Waals surface area contributed by atoms with Crippen LogP contribution >= 0.6 is 11.6 Å². The number of hydrogen-bond acceptors (Lipinski definition) is 8. The quantitative estimate of drug-likeness (QED) is 0.102. The van der Waals surface area contributed by atoms with Gasteiger partial charge in [0.05, 0.1) is 35.6 Å². The van der Waals surface area contributed by atoms with Gasteiger partial charge in [-0.1, -0.05) is 23.7 Å². The zero-order valence-corrected chi connectivity index (χ0v) is 25.1. The van der Waals surface area contributed by atoms with Crippen molar-refractivity contribution in [1.82, 2.24) is 20.2 Å². The minimum absolute atomic E-state index is 0.0174. The average Bonchev–Trinajstić information content (AvgIpc) is 3.43. The molecule has 2 amide bonds. The highest BCUT2D eigenvalue weighted by Crippen LogP contribution is 2.39. The first-order valence-electron chi connectivity index (χ1n) is 13.8. The number of fused-ring (bicyclic) bond motifs is 3. The number of amides is 2. The lowest BCUT2D eigenvalue weighted by molar-refractivity contribution is -0.384. The molecule has 4 aromatic rings. The lowest BCUT2D eigenvalue weighted by Crippen LogP contribution is -2.52. The molecule has 0 saturated carbocycles. The molecule has 0 unspecified atom stereocenters. The van der Waals surface area contributed by atoms with Gasteiger partial charge in [0.15, 0.2) is 11.5 Å². The number of aromatic nitrogens is 2. The minimum atomic E-state index is -0.948. The van der Waals surface area contributed by atoms with E-state index in [1.807, 2.05) is 18.2 Å². The van der Waals surface area contributed by atoms with Gasteiger partial charge >= 0.3 is 0 Å². The van der Waals surface area contributed by atoms with E-state index in [-0.39, 0.29) is 23.2 Å². The predicted octanol–water partition coefficient (Wildman–Crippen LogP) is 5.29. The van der Waals surface area contributed by atoms with E-state index in [0.29, 0.717) is 64.6 Å². The third kappa shape index (κ3) is 5.65. The second-order valence-electron chi connectivity index (χ2n) is 10.8. The van der Waals surface area contributed by atoms with E-state index >= 15 is 0 Å². The van der Waals surface area contributed by atoms with E-state index in [9.17, 15) is 19.7 Å². The number of H-pyrrole nitrogens is 1. The van der Waals surface area contributed by atoms with Crippen LogP contribution in [0.4, 0.5) is 5.69 Å². The van der Waals surface area contributed by atoms with Gasteiger partial charge in [-0.25, -0.2) is 4.98 Å². The van der Waals surface area contributed by atoms with Crippen LogP contribution in [-0.2, 0) is 16.6 Å². The van der Waals surface area contributed by atoms with Crippen molar-refractivity contribution in [3.63, 3.8) is 0 Å². The number of nitro benzene ring substituents is 1. The molecule has 0 fully saturated rings. The highest BCUT2D eigenvalue weighted by Gasteiger charge is 2.45. The third-order valence-electron chi connectivity index (χ3n) is 7.76. The molecule has 1 aliphatic heterocycles. The van der Waals surface area contributed by atoms with Crippen molar-refractivity contribution in [2.75, 3.05) is 33.9 Å². The summed E-state index contributed by atoms with van der Waals surface area (Å²) in [5.74, 6) is 1.04. The van der Waals surface area contributed by atoms with E-state index in [1.54, 1.807) is 46.3 Å². The van der Waals surface area contributed by atoms with Gasteiger partial charge < -0.3 is 19.8 Å². The largest absolute Gasteiger partial charge is 0.493 e. The number of imide groups is 1. The molecule has 0 atom stereocenters. The molecule has 5 rings (SSSR count). The summed E-state index contributed by atoms with van der Waals surface area (Å²) in [5.41, 5.74) is 2.31. The number of carbonyl (C=O) groups excluding carboxylic acids is 2. The fraction of sp³-hybridized carbons (Fsp3) is 0.323. The Morgan fingerprint density at radius 2 is 1.81 bits per heavy atom. The third-order valence-corrected chi connectivity index (χ3v) is 8.08. The number of aromatic amines is 1. The highest BCUT2D eigenvalue weighted by molar-refractivity contribution is 6.32. The van der Waals surface area contributed by atoms with E-state index in [2.05, 4.69) is 15.3 Å². The summed E-state index contributed by atoms with van der Waals surface area (Å²) in [6, 6.07) is 13.8. The van der Waals surface area contributed by atoms with Crippen LogP contribution in [0.1, 0.15) is 41.8 Å². The summed E-state index contributed by atoms with van der Waals surface area (Å²) in [7, 11) is 3.20. The molecule has 1 aliphatic rings. The van der Waals surface area contributed by atoms with E-state index < -0.39 is 16.2 Å². The van der Waals surface area contributed by atoms with Crippen LogP contribution in [0.25, 0.3) is 22.4 Å². The van der Waals surface area contributed by atoms with Gasteiger partial charge in [0, 0.05) is 18.2 Å². The fourth-order valence-corrected chi connectivity index (χ4v) is 5.57. The number of methoxy groups -OCH3 is 2. The van der Waals surface area contributed by atoms with Crippen LogP contribution < -0.4 is 14.8 Å². The predicted molar refractivity (Wildman–Crippen MR) is 163 cm³/mol. The number of imidazole rings is 1. The summed E-state index contributed by atoms with van der Waals surface area (Å²) in [6.45, 7) is 5.18. The highest BCUT2D eigenvalue weighted by atomic mass is 35.5. The van der Waals surface area contributed by atoms with Crippen LogP contribution in [0.3, 0.4) is 0 Å². The number of nitro groups is 1. The summed E-state index contributed by atoms with van der Waals surface area (Å²) >= 11 is 5.98. The molecule has 12 heteroatoms. The SMILES string of the molecule is COc1ccc(CCNCCCN2C(=O)c3c(ccc4[nH]c(-c5ccc(Cl)c([N+](=O)[O-])c5)nc34)C(C)(C)C2=O)cc1OC. The molecule has 2 heterocycles. The van der Waals surface area contributed by atoms with Crippen LogP contribution in [-0.4, -0.2) is 65.5 Å². The van der Waals surface area contributed by atoms with Crippen LogP contribution in [0.15, 0.2) is 48.5 Å². The van der Waals surface area contributed by atoms with Gasteiger partial charge in [-0.15, -0.1) is 0 Å². The van der Waals surface area contributed by atoms with Crippen molar-refractivity contribution in [3.05, 3.63) is 80.4 Å². The topological polar surface area (TPSA) is 140 Å². The maximum atomic E-state index is 13.8. The summed E-state index contributed by atoms with van der Waals surface area (Å²) in [4.78, 5) is 47.2. The van der Waals surface area contributed by atoms with Gasteiger partial charge in [0.1, 0.15) is 16.4 Å². The number of halogens is 1. The molecular formula is C31H32ClN5O6. The Hall–Kier alpha value is -4.48. The Balaban J connectivity index is 1.31. The van der Waals surface area contributed by atoms with Gasteiger partial charge in [-0.2, -0.15) is 0 Å². The first kappa shape index (κ1) is 30.0. The van der Waals surface area contributed by atoms with Crippen molar-refractivity contribution in [1.29, 1.82) is 0 Å². The average molecular weight is 606 g/mol. The Morgan fingerprint density at radius 3 is 2.53 bits per heavy atom. The van der Waals surface area contributed by atoms with E-state index in [1.165, 1.54) is 17.0 Å². The minimum Gasteiger partial charge on any atom is -0.493 e. The van der Waals surface area contributed by atoms with Gasteiger partial charge in [-0.3, -0.25) is 24.6 Å². The molecule has 43 heavy (non-hydrogen) atoms. The second kappa shape index (κ2) is 12.0. The Morgan fingerprint density at radius 1 is 1.05 bits per heavy atom. The molecule has 0 bridgehead atoms.